The number of hydrogen-bond acceptors (Lipinski definition) is 3. The van der Waals surface area contributed by atoms with Gasteiger partial charge in [-0.1, -0.05) is 26.0 Å². The smallest absolute Gasteiger partial charge is 0.315 e. The molecule has 0 radical (unpaired) electrons. The number of esters is 1. The molecule has 4 nitrogen and oxygen atoms in total. The van der Waals surface area contributed by atoms with E-state index in [2.05, 4.69) is 23.9 Å². The normalized spacial score (nSPS) is 11.7. The predicted molar refractivity (Wildman–Crippen MR) is 70.4 cm³/mol. The molecule has 0 aliphatic heterocycles. The lowest BCUT2D eigenvalue weighted by Gasteiger charge is -2.10. The van der Waals surface area contributed by atoms with Crippen LogP contribution >= 0.6 is 0 Å². The third kappa shape index (κ3) is 4.20. The van der Waals surface area contributed by atoms with Crippen molar-refractivity contribution in [1.29, 1.82) is 0 Å². The molecule has 1 unspecified atom stereocenters. The van der Waals surface area contributed by atoms with Crippen LogP contribution in [0.5, 0.6) is 0 Å². The lowest BCUT2D eigenvalue weighted by molar-refractivity contribution is -0.142. The number of amides is 1. The summed E-state index contributed by atoms with van der Waals surface area (Å²) in [6, 6.07) is 7.66. The van der Waals surface area contributed by atoms with Gasteiger partial charge in [-0.25, -0.2) is 0 Å². The molecule has 1 atom stereocenters. The van der Waals surface area contributed by atoms with Gasteiger partial charge in [0.15, 0.2) is 0 Å². The Kier molecular flexibility index (Phi) is 5.36. The molecule has 1 rings (SSSR count). The van der Waals surface area contributed by atoms with Crippen LogP contribution in [0.15, 0.2) is 24.3 Å². The van der Waals surface area contributed by atoms with Crippen LogP contribution in [0.25, 0.3) is 0 Å². The lowest BCUT2D eigenvalue weighted by Crippen LogP contribution is -2.17. The van der Waals surface area contributed by atoms with E-state index in [9.17, 15) is 9.59 Å². The Morgan fingerprint density at radius 2 is 1.89 bits per heavy atom. The maximum absolute atomic E-state index is 11.4. The maximum atomic E-state index is 11.4. The number of methoxy groups -OCH3 is 1. The monoisotopic (exact) mass is 249 g/mol. The van der Waals surface area contributed by atoms with Crippen LogP contribution in [0, 0.1) is 0 Å². The topological polar surface area (TPSA) is 55.4 Å². The Balaban J connectivity index is 2.58. The van der Waals surface area contributed by atoms with E-state index in [-0.39, 0.29) is 12.3 Å². The predicted octanol–water partition coefficient (Wildman–Crippen LogP) is 2.70. The first-order chi connectivity index (χ1) is 8.56. The molecule has 18 heavy (non-hydrogen) atoms. The van der Waals surface area contributed by atoms with Gasteiger partial charge in [0, 0.05) is 5.69 Å². The summed E-state index contributed by atoms with van der Waals surface area (Å²) in [5.41, 5.74) is 1.93. The molecule has 0 heterocycles. The lowest BCUT2D eigenvalue weighted by atomic mass is 9.99. The Morgan fingerprint density at radius 3 is 2.39 bits per heavy atom. The molecule has 4 heteroatoms. The minimum Gasteiger partial charge on any atom is -0.469 e. The van der Waals surface area contributed by atoms with Crippen LogP contribution in [0.3, 0.4) is 0 Å². The highest BCUT2D eigenvalue weighted by Crippen LogP contribution is 2.20. The number of hydrogen-bond donors (Lipinski definition) is 1. The standard InChI is InChI=1S/C14H19NO3/c1-4-10(2)11-5-7-12(8-6-11)15-13(16)9-14(17)18-3/h5-8,10H,4,9H2,1-3H3,(H,15,16). The SMILES string of the molecule is CCC(C)c1ccc(NC(=O)CC(=O)OC)cc1. The van der Waals surface area contributed by atoms with Gasteiger partial charge < -0.3 is 10.1 Å². The van der Waals surface area contributed by atoms with Crippen LogP contribution in [0.4, 0.5) is 5.69 Å². The maximum Gasteiger partial charge on any atom is 0.315 e. The van der Waals surface area contributed by atoms with E-state index in [0.717, 1.165) is 6.42 Å². The van der Waals surface area contributed by atoms with E-state index in [1.54, 1.807) is 0 Å². The van der Waals surface area contributed by atoms with Crippen molar-refractivity contribution in [2.45, 2.75) is 32.6 Å². The first kappa shape index (κ1) is 14.2. The molecule has 1 aromatic carbocycles. The highest BCUT2D eigenvalue weighted by molar-refractivity contribution is 6.01. The van der Waals surface area contributed by atoms with Crippen molar-refractivity contribution in [2.24, 2.45) is 0 Å². The summed E-state index contributed by atoms with van der Waals surface area (Å²) in [6.45, 7) is 4.29. The van der Waals surface area contributed by atoms with Crippen molar-refractivity contribution in [3.63, 3.8) is 0 Å². The summed E-state index contributed by atoms with van der Waals surface area (Å²) >= 11 is 0. The van der Waals surface area contributed by atoms with Crippen molar-refractivity contribution in [3.8, 4) is 0 Å². The summed E-state index contributed by atoms with van der Waals surface area (Å²) in [7, 11) is 1.26. The Labute approximate surface area is 107 Å². The molecule has 0 fully saturated rings. The van der Waals surface area contributed by atoms with Gasteiger partial charge in [0.25, 0.3) is 0 Å². The van der Waals surface area contributed by atoms with Gasteiger partial charge in [-0.3, -0.25) is 9.59 Å². The van der Waals surface area contributed by atoms with Crippen LogP contribution in [0.1, 0.15) is 38.2 Å². The van der Waals surface area contributed by atoms with Crippen molar-refractivity contribution in [3.05, 3.63) is 29.8 Å². The summed E-state index contributed by atoms with van der Waals surface area (Å²) in [4.78, 5) is 22.4. The third-order valence-electron chi connectivity index (χ3n) is 2.91. The molecule has 1 amide bonds. The van der Waals surface area contributed by atoms with Crippen LogP contribution < -0.4 is 5.32 Å². The average Bonchev–Trinajstić information content (AvgIpc) is 2.38. The fourth-order valence-electron chi connectivity index (χ4n) is 1.54. The summed E-state index contributed by atoms with van der Waals surface area (Å²) in [5.74, 6) is -0.397. The van der Waals surface area contributed by atoms with Gasteiger partial charge in [0.2, 0.25) is 5.91 Å². The molecule has 98 valence electrons. The van der Waals surface area contributed by atoms with Gasteiger partial charge in [0.05, 0.1) is 7.11 Å². The molecule has 1 aromatic rings. The van der Waals surface area contributed by atoms with Gasteiger partial charge in [-0.2, -0.15) is 0 Å². The molecule has 0 aliphatic carbocycles. The highest BCUT2D eigenvalue weighted by Gasteiger charge is 2.09. The summed E-state index contributed by atoms with van der Waals surface area (Å²) in [6.07, 6.45) is 0.817. The molecule has 0 saturated carbocycles. The van der Waals surface area contributed by atoms with E-state index >= 15 is 0 Å². The van der Waals surface area contributed by atoms with Crippen molar-refractivity contribution in [1.82, 2.24) is 0 Å². The molecule has 0 spiro atoms. The number of ether oxygens (including phenoxy) is 1. The zero-order chi connectivity index (χ0) is 13.5. The Bertz CT molecular complexity index is 412. The van der Waals surface area contributed by atoms with E-state index in [0.29, 0.717) is 11.6 Å². The zero-order valence-electron chi connectivity index (χ0n) is 11.0. The van der Waals surface area contributed by atoms with E-state index in [1.807, 2.05) is 24.3 Å². The zero-order valence-corrected chi connectivity index (χ0v) is 11.0. The molecule has 1 N–H and O–H groups in total. The molecular formula is C14H19NO3. The number of carbonyl (C=O) groups excluding carboxylic acids is 2. The molecule has 0 saturated heterocycles. The number of nitrogens with one attached hydrogen (secondary N) is 1. The van der Waals surface area contributed by atoms with Crippen LogP contribution in [-0.4, -0.2) is 19.0 Å². The van der Waals surface area contributed by atoms with Gasteiger partial charge in [-0.15, -0.1) is 0 Å². The molecular weight excluding hydrogens is 230 g/mol. The van der Waals surface area contributed by atoms with Crippen molar-refractivity contribution in [2.75, 3.05) is 12.4 Å². The first-order valence-electron chi connectivity index (χ1n) is 6.03. The van der Waals surface area contributed by atoms with E-state index < -0.39 is 5.97 Å². The fraction of sp³-hybridized carbons (Fsp3) is 0.429. The van der Waals surface area contributed by atoms with Gasteiger partial charge in [0.1, 0.15) is 6.42 Å². The van der Waals surface area contributed by atoms with E-state index in [1.165, 1.54) is 12.7 Å². The molecule has 0 aliphatic rings. The number of anilines is 1. The Morgan fingerprint density at radius 1 is 1.28 bits per heavy atom. The third-order valence-corrected chi connectivity index (χ3v) is 2.91. The van der Waals surface area contributed by atoms with Gasteiger partial charge >= 0.3 is 5.97 Å². The van der Waals surface area contributed by atoms with Crippen molar-refractivity contribution >= 4 is 17.6 Å². The van der Waals surface area contributed by atoms with Crippen molar-refractivity contribution < 1.29 is 14.3 Å². The average molecular weight is 249 g/mol. The second-order valence-electron chi connectivity index (χ2n) is 4.23. The van der Waals surface area contributed by atoms with Crippen LogP contribution in [0.2, 0.25) is 0 Å². The van der Waals surface area contributed by atoms with Crippen LogP contribution in [-0.2, 0) is 14.3 Å². The minimum atomic E-state index is -0.538. The largest absolute Gasteiger partial charge is 0.469 e. The second kappa shape index (κ2) is 6.79. The highest BCUT2D eigenvalue weighted by atomic mass is 16.5. The summed E-state index contributed by atoms with van der Waals surface area (Å²) in [5, 5.41) is 2.65. The minimum absolute atomic E-state index is 0.260. The number of benzene rings is 1. The number of rotatable bonds is 5. The Hall–Kier alpha value is -1.84. The molecule has 0 bridgehead atoms. The summed E-state index contributed by atoms with van der Waals surface area (Å²) < 4.78 is 4.42. The fourth-order valence-corrected chi connectivity index (χ4v) is 1.54. The second-order valence-corrected chi connectivity index (χ2v) is 4.23. The van der Waals surface area contributed by atoms with E-state index in [4.69, 9.17) is 0 Å². The molecule has 0 aromatic heterocycles. The quantitative estimate of drug-likeness (QED) is 0.644. The van der Waals surface area contributed by atoms with Gasteiger partial charge in [-0.05, 0) is 30.0 Å². The number of carbonyl (C=O) groups is 2. The first-order valence-corrected chi connectivity index (χ1v) is 6.03.